The first-order valence-corrected chi connectivity index (χ1v) is 9.34. The van der Waals surface area contributed by atoms with Crippen molar-refractivity contribution in [3.05, 3.63) is 29.8 Å². The maximum atomic E-state index is 11.6. The summed E-state index contributed by atoms with van der Waals surface area (Å²) < 4.78 is 10.1. The van der Waals surface area contributed by atoms with Gasteiger partial charge in [0.1, 0.15) is 5.75 Å². The molecule has 1 aromatic carbocycles. The van der Waals surface area contributed by atoms with Crippen LogP contribution >= 0.6 is 0 Å². The minimum atomic E-state index is -0.254. The molecular formula is C20H32N4O3. The van der Waals surface area contributed by atoms with Gasteiger partial charge in [0, 0.05) is 38.1 Å². The van der Waals surface area contributed by atoms with E-state index in [4.69, 9.17) is 9.47 Å². The van der Waals surface area contributed by atoms with Crippen LogP contribution in [0.1, 0.15) is 32.3 Å². The molecule has 0 radical (unpaired) electrons. The molecule has 0 spiro atoms. The summed E-state index contributed by atoms with van der Waals surface area (Å²) >= 11 is 0. The van der Waals surface area contributed by atoms with Crippen LogP contribution in [0.15, 0.2) is 29.3 Å². The molecule has 1 amide bonds. The van der Waals surface area contributed by atoms with E-state index in [2.05, 4.69) is 41.6 Å². The molecule has 1 fully saturated rings. The van der Waals surface area contributed by atoms with Crippen molar-refractivity contribution >= 4 is 12.1 Å². The highest BCUT2D eigenvalue weighted by Gasteiger charge is 2.25. The average molecular weight is 377 g/mol. The molecule has 1 heterocycles. The summed E-state index contributed by atoms with van der Waals surface area (Å²) in [5.41, 5.74) is 1.12. The fourth-order valence-corrected chi connectivity index (χ4v) is 3.17. The zero-order valence-corrected chi connectivity index (χ0v) is 17.0. The Morgan fingerprint density at radius 3 is 2.59 bits per heavy atom. The van der Waals surface area contributed by atoms with Gasteiger partial charge in [0.15, 0.2) is 5.96 Å². The number of piperidine rings is 1. The minimum Gasteiger partial charge on any atom is -0.497 e. The normalized spacial score (nSPS) is 16.0. The third-order valence-electron chi connectivity index (χ3n) is 5.04. The molecule has 7 nitrogen and oxygen atoms in total. The Morgan fingerprint density at radius 1 is 1.30 bits per heavy atom. The van der Waals surface area contributed by atoms with Crippen LogP contribution < -0.4 is 15.4 Å². The number of carbonyl (C=O) groups excluding carboxylic acids is 1. The van der Waals surface area contributed by atoms with Gasteiger partial charge in [-0.05, 0) is 30.5 Å². The van der Waals surface area contributed by atoms with Crippen LogP contribution in [-0.4, -0.2) is 63.9 Å². The van der Waals surface area contributed by atoms with Gasteiger partial charge in [-0.2, -0.15) is 0 Å². The van der Waals surface area contributed by atoms with Crippen LogP contribution in [0.25, 0.3) is 0 Å². The molecule has 7 heteroatoms. The molecule has 0 aliphatic carbocycles. The van der Waals surface area contributed by atoms with E-state index in [0.29, 0.717) is 13.1 Å². The minimum absolute atomic E-state index is 0.0829. The lowest BCUT2D eigenvalue weighted by Gasteiger charge is -2.33. The molecule has 0 bridgehead atoms. The van der Waals surface area contributed by atoms with Crippen molar-refractivity contribution in [3.63, 3.8) is 0 Å². The molecule has 0 saturated carbocycles. The van der Waals surface area contributed by atoms with Gasteiger partial charge in [-0.25, -0.2) is 4.79 Å². The summed E-state index contributed by atoms with van der Waals surface area (Å²) in [4.78, 5) is 17.7. The van der Waals surface area contributed by atoms with Crippen molar-refractivity contribution < 1.29 is 14.3 Å². The number of rotatable bonds is 5. The van der Waals surface area contributed by atoms with Crippen molar-refractivity contribution in [2.75, 3.05) is 40.9 Å². The molecule has 1 aliphatic heterocycles. The first kappa shape index (κ1) is 20.9. The number of likely N-dealkylation sites (tertiary alicyclic amines) is 1. The molecule has 2 rings (SSSR count). The number of ether oxygens (including phenoxy) is 2. The molecule has 150 valence electrons. The molecule has 2 N–H and O–H groups in total. The first-order valence-electron chi connectivity index (χ1n) is 9.34. The van der Waals surface area contributed by atoms with E-state index < -0.39 is 0 Å². The standard InChI is InChI=1S/C20H32N4O3/c1-20(2,15-7-6-8-17(13-15)26-4)14-22-18(21-3)23-16-9-11-24(12-10-16)19(25)27-5/h6-8,13,16H,9-12,14H2,1-5H3,(H2,21,22,23). The van der Waals surface area contributed by atoms with Gasteiger partial charge < -0.3 is 25.0 Å². The van der Waals surface area contributed by atoms with E-state index in [-0.39, 0.29) is 17.6 Å². The van der Waals surface area contributed by atoms with Crippen molar-refractivity contribution in [2.24, 2.45) is 4.99 Å². The predicted octanol–water partition coefficient (Wildman–Crippen LogP) is 2.37. The zero-order valence-electron chi connectivity index (χ0n) is 17.0. The van der Waals surface area contributed by atoms with Gasteiger partial charge in [0.25, 0.3) is 0 Å². The van der Waals surface area contributed by atoms with Crippen LogP contribution in [0.3, 0.4) is 0 Å². The second-order valence-corrected chi connectivity index (χ2v) is 7.42. The lowest BCUT2D eigenvalue weighted by Crippen LogP contribution is -2.51. The smallest absolute Gasteiger partial charge is 0.409 e. The summed E-state index contributed by atoms with van der Waals surface area (Å²) in [5, 5.41) is 6.90. The Hall–Kier alpha value is -2.44. The van der Waals surface area contributed by atoms with E-state index in [1.54, 1.807) is 19.1 Å². The Kier molecular flexibility index (Phi) is 7.33. The first-order chi connectivity index (χ1) is 12.9. The highest BCUT2D eigenvalue weighted by molar-refractivity contribution is 5.80. The molecule has 27 heavy (non-hydrogen) atoms. The van der Waals surface area contributed by atoms with Crippen molar-refractivity contribution in [1.82, 2.24) is 15.5 Å². The number of nitrogens with zero attached hydrogens (tertiary/aromatic N) is 2. The highest BCUT2D eigenvalue weighted by Crippen LogP contribution is 2.25. The molecule has 1 saturated heterocycles. The van der Waals surface area contributed by atoms with E-state index >= 15 is 0 Å². The van der Waals surface area contributed by atoms with Gasteiger partial charge in [-0.15, -0.1) is 0 Å². The fraction of sp³-hybridized carbons (Fsp3) is 0.600. The Balaban J connectivity index is 1.87. The van der Waals surface area contributed by atoms with E-state index in [1.807, 2.05) is 12.1 Å². The lowest BCUT2D eigenvalue weighted by molar-refractivity contribution is 0.111. The third-order valence-corrected chi connectivity index (χ3v) is 5.04. The predicted molar refractivity (Wildman–Crippen MR) is 108 cm³/mol. The quantitative estimate of drug-likeness (QED) is 0.610. The number of hydrogen-bond donors (Lipinski definition) is 2. The van der Waals surface area contributed by atoms with Gasteiger partial charge in [-0.3, -0.25) is 4.99 Å². The maximum absolute atomic E-state index is 11.6. The molecule has 0 atom stereocenters. The number of carbonyl (C=O) groups is 1. The van der Waals surface area contributed by atoms with Crippen molar-refractivity contribution in [1.29, 1.82) is 0 Å². The molecule has 0 aromatic heterocycles. The third kappa shape index (κ3) is 5.77. The van der Waals surface area contributed by atoms with E-state index in [9.17, 15) is 4.79 Å². The molecular weight excluding hydrogens is 344 g/mol. The molecule has 0 unspecified atom stereocenters. The zero-order chi connectivity index (χ0) is 19.9. The Bertz CT molecular complexity index is 652. The van der Waals surface area contributed by atoms with Crippen molar-refractivity contribution in [3.8, 4) is 5.75 Å². The average Bonchev–Trinajstić information content (AvgIpc) is 2.71. The number of hydrogen-bond acceptors (Lipinski definition) is 4. The number of benzene rings is 1. The number of aliphatic imine (C=N–C) groups is 1. The van der Waals surface area contributed by atoms with Crippen LogP contribution in [-0.2, 0) is 10.2 Å². The number of amides is 1. The SMILES string of the molecule is CN=C(NCC(C)(C)c1cccc(OC)c1)NC1CCN(C(=O)OC)CC1. The number of methoxy groups -OCH3 is 2. The van der Waals surface area contributed by atoms with E-state index in [0.717, 1.165) is 31.1 Å². The monoisotopic (exact) mass is 376 g/mol. The maximum Gasteiger partial charge on any atom is 0.409 e. The molecule has 1 aliphatic rings. The van der Waals surface area contributed by atoms with Gasteiger partial charge in [0.05, 0.1) is 14.2 Å². The van der Waals surface area contributed by atoms with Gasteiger partial charge >= 0.3 is 6.09 Å². The summed E-state index contributed by atoms with van der Waals surface area (Å²) in [7, 11) is 4.88. The van der Waals surface area contributed by atoms with Crippen molar-refractivity contribution in [2.45, 2.75) is 38.1 Å². The van der Waals surface area contributed by atoms with Crippen LogP contribution in [0.4, 0.5) is 4.79 Å². The summed E-state index contributed by atoms with van der Waals surface area (Å²) in [5.74, 6) is 1.64. The number of guanidine groups is 1. The van der Waals surface area contributed by atoms with Gasteiger partial charge in [-0.1, -0.05) is 26.0 Å². The van der Waals surface area contributed by atoms with Crippen LogP contribution in [0.2, 0.25) is 0 Å². The summed E-state index contributed by atoms with van der Waals surface area (Å²) in [6, 6.07) is 8.44. The Labute approximate surface area is 162 Å². The van der Waals surface area contributed by atoms with Gasteiger partial charge in [0.2, 0.25) is 0 Å². The van der Waals surface area contributed by atoms with Crippen LogP contribution in [0, 0.1) is 0 Å². The topological polar surface area (TPSA) is 75.2 Å². The lowest BCUT2D eigenvalue weighted by atomic mass is 9.84. The number of nitrogens with one attached hydrogen (secondary N) is 2. The second-order valence-electron chi connectivity index (χ2n) is 7.42. The Morgan fingerprint density at radius 2 is 2.00 bits per heavy atom. The summed E-state index contributed by atoms with van der Waals surface area (Å²) in [6.07, 6.45) is 1.49. The van der Waals surface area contributed by atoms with Crippen LogP contribution in [0.5, 0.6) is 5.75 Å². The summed E-state index contributed by atoms with van der Waals surface area (Å²) in [6.45, 7) is 6.50. The second kappa shape index (κ2) is 9.48. The highest BCUT2D eigenvalue weighted by atomic mass is 16.5. The molecule has 1 aromatic rings. The van der Waals surface area contributed by atoms with E-state index in [1.165, 1.54) is 12.7 Å². The fourth-order valence-electron chi connectivity index (χ4n) is 3.17. The largest absolute Gasteiger partial charge is 0.497 e.